The molecule has 0 spiro atoms. The zero-order valence-corrected chi connectivity index (χ0v) is 14.4. The summed E-state index contributed by atoms with van der Waals surface area (Å²) in [5, 5.41) is 12.7. The van der Waals surface area contributed by atoms with Gasteiger partial charge in [0.1, 0.15) is 0 Å². The van der Waals surface area contributed by atoms with Gasteiger partial charge in [0.15, 0.2) is 0 Å². The van der Waals surface area contributed by atoms with Gasteiger partial charge in [-0.1, -0.05) is 35.9 Å². The molecule has 2 N–H and O–H groups in total. The number of carboxylic acids is 1. The lowest BCUT2D eigenvalue weighted by atomic mass is 9.95. The molecular formula is C18H16ClNO3S. The van der Waals surface area contributed by atoms with Crippen LogP contribution in [0, 0.1) is 0 Å². The zero-order valence-electron chi connectivity index (χ0n) is 12.8. The summed E-state index contributed by atoms with van der Waals surface area (Å²) in [4.78, 5) is 23.5. The Balaban J connectivity index is 1.74. The first-order valence-corrected chi connectivity index (χ1v) is 9.08. The highest BCUT2D eigenvalue weighted by atomic mass is 35.5. The Hall–Kier alpha value is -1.98. The van der Waals surface area contributed by atoms with E-state index in [0.29, 0.717) is 28.5 Å². The minimum atomic E-state index is -1.01. The summed E-state index contributed by atoms with van der Waals surface area (Å²) in [6.45, 7) is 0. The second kappa shape index (κ2) is 7.28. The quantitative estimate of drug-likeness (QED) is 0.859. The smallest absolute Gasteiger partial charge is 0.332 e. The third-order valence-corrected chi connectivity index (χ3v) is 5.35. The summed E-state index contributed by atoms with van der Waals surface area (Å²) >= 11 is 7.66. The number of allylic oxidation sites excluding steroid dienone is 4. The summed E-state index contributed by atoms with van der Waals surface area (Å²) in [5.74, 6) is -0.489. The van der Waals surface area contributed by atoms with Gasteiger partial charge in [-0.2, -0.15) is 11.8 Å². The Kier molecular flexibility index (Phi) is 5.11. The number of hydrogen-bond donors (Lipinski definition) is 2. The van der Waals surface area contributed by atoms with Crippen LogP contribution in [-0.4, -0.2) is 28.5 Å². The van der Waals surface area contributed by atoms with Gasteiger partial charge >= 0.3 is 5.97 Å². The fourth-order valence-electron chi connectivity index (χ4n) is 2.73. The van der Waals surface area contributed by atoms with Gasteiger partial charge in [-0.25, -0.2) is 4.79 Å². The number of carbonyl (C=O) groups excluding carboxylic acids is 1. The van der Waals surface area contributed by atoms with E-state index in [1.54, 1.807) is 0 Å². The van der Waals surface area contributed by atoms with E-state index >= 15 is 0 Å². The molecule has 124 valence electrons. The van der Waals surface area contributed by atoms with E-state index < -0.39 is 5.97 Å². The molecule has 1 aliphatic heterocycles. The SMILES string of the molecule is O=C(O)C1=C(C(=O)NC2=CC=C(c3ccccc3Cl)CC2)CSC1. The minimum Gasteiger partial charge on any atom is -0.478 e. The molecule has 1 heterocycles. The monoisotopic (exact) mass is 361 g/mol. The Bertz CT molecular complexity index is 795. The van der Waals surface area contributed by atoms with Crippen LogP contribution in [0.1, 0.15) is 18.4 Å². The van der Waals surface area contributed by atoms with Crippen molar-refractivity contribution in [1.82, 2.24) is 5.32 Å². The van der Waals surface area contributed by atoms with Crippen LogP contribution in [0.15, 0.2) is 53.3 Å². The molecule has 24 heavy (non-hydrogen) atoms. The number of nitrogens with one attached hydrogen (secondary N) is 1. The number of carbonyl (C=O) groups is 2. The van der Waals surface area contributed by atoms with Gasteiger partial charge in [0.05, 0.1) is 5.57 Å². The third kappa shape index (κ3) is 3.57. The van der Waals surface area contributed by atoms with Gasteiger partial charge in [-0.3, -0.25) is 4.79 Å². The second-order valence-electron chi connectivity index (χ2n) is 5.57. The number of benzene rings is 1. The second-order valence-corrected chi connectivity index (χ2v) is 6.97. The summed E-state index contributed by atoms with van der Waals surface area (Å²) in [6.07, 6.45) is 5.28. The van der Waals surface area contributed by atoms with Crippen molar-refractivity contribution in [2.45, 2.75) is 12.8 Å². The molecule has 0 unspecified atom stereocenters. The molecule has 1 aromatic carbocycles. The molecule has 0 aromatic heterocycles. The van der Waals surface area contributed by atoms with E-state index in [1.807, 2.05) is 36.4 Å². The van der Waals surface area contributed by atoms with Gasteiger partial charge in [0.2, 0.25) is 0 Å². The molecule has 4 nitrogen and oxygen atoms in total. The molecule has 0 saturated heterocycles. The van der Waals surface area contributed by atoms with Crippen molar-refractivity contribution in [2.24, 2.45) is 0 Å². The third-order valence-electron chi connectivity index (χ3n) is 4.03. The zero-order chi connectivity index (χ0) is 17.1. The number of carboxylic acid groups (broad SMARTS) is 1. The van der Waals surface area contributed by atoms with E-state index in [9.17, 15) is 9.59 Å². The molecule has 0 atom stereocenters. The van der Waals surface area contributed by atoms with E-state index in [0.717, 1.165) is 23.3 Å². The van der Waals surface area contributed by atoms with Crippen LogP contribution in [0.4, 0.5) is 0 Å². The lowest BCUT2D eigenvalue weighted by molar-refractivity contribution is -0.133. The largest absolute Gasteiger partial charge is 0.478 e. The van der Waals surface area contributed by atoms with Crippen molar-refractivity contribution in [3.63, 3.8) is 0 Å². The molecule has 6 heteroatoms. The van der Waals surface area contributed by atoms with Crippen LogP contribution in [0.2, 0.25) is 5.02 Å². The van der Waals surface area contributed by atoms with E-state index in [-0.39, 0.29) is 11.5 Å². The maximum absolute atomic E-state index is 12.3. The maximum atomic E-state index is 12.3. The Morgan fingerprint density at radius 3 is 2.50 bits per heavy atom. The average molecular weight is 362 g/mol. The Morgan fingerprint density at radius 2 is 1.83 bits per heavy atom. The first-order chi connectivity index (χ1) is 11.6. The highest BCUT2D eigenvalue weighted by molar-refractivity contribution is 8.00. The first-order valence-electron chi connectivity index (χ1n) is 7.55. The van der Waals surface area contributed by atoms with E-state index in [4.69, 9.17) is 16.7 Å². The van der Waals surface area contributed by atoms with Gasteiger partial charge in [0.25, 0.3) is 5.91 Å². The predicted octanol–water partition coefficient (Wildman–Crippen LogP) is 3.65. The molecular weight excluding hydrogens is 346 g/mol. The fraction of sp³-hybridized carbons (Fsp3) is 0.222. The van der Waals surface area contributed by atoms with Crippen molar-refractivity contribution in [1.29, 1.82) is 0 Å². The Labute approximate surface area is 149 Å². The van der Waals surface area contributed by atoms with Crippen LogP contribution < -0.4 is 5.32 Å². The standard InChI is InChI=1S/C18H16ClNO3S/c19-16-4-2-1-3-13(16)11-5-7-12(8-6-11)20-17(21)14-9-24-10-15(14)18(22)23/h1-5,7H,6,8-10H2,(H,20,21)(H,22,23). The normalized spacial score (nSPS) is 17.4. The topological polar surface area (TPSA) is 66.4 Å². The van der Waals surface area contributed by atoms with Crippen LogP contribution in [0.3, 0.4) is 0 Å². The van der Waals surface area contributed by atoms with Crippen molar-refractivity contribution in [3.05, 3.63) is 63.8 Å². The summed E-state index contributed by atoms with van der Waals surface area (Å²) in [5.41, 5.74) is 3.50. The molecule has 0 bridgehead atoms. The van der Waals surface area contributed by atoms with Crippen molar-refractivity contribution in [2.75, 3.05) is 11.5 Å². The lowest BCUT2D eigenvalue weighted by Gasteiger charge is -2.17. The predicted molar refractivity (Wildman–Crippen MR) is 96.9 cm³/mol. The summed E-state index contributed by atoms with van der Waals surface area (Å²) in [6, 6.07) is 7.67. The number of thioether (sulfide) groups is 1. The van der Waals surface area contributed by atoms with Crippen molar-refractivity contribution < 1.29 is 14.7 Å². The van der Waals surface area contributed by atoms with Crippen molar-refractivity contribution >= 4 is 40.8 Å². The molecule has 0 fully saturated rings. The van der Waals surface area contributed by atoms with Gasteiger partial charge < -0.3 is 10.4 Å². The van der Waals surface area contributed by atoms with Gasteiger partial charge in [-0.05, 0) is 36.1 Å². The average Bonchev–Trinajstić information content (AvgIpc) is 3.06. The molecule has 1 aliphatic carbocycles. The molecule has 0 saturated carbocycles. The highest BCUT2D eigenvalue weighted by Crippen LogP contribution is 2.31. The number of hydrogen-bond acceptors (Lipinski definition) is 3. The number of aliphatic carboxylic acids is 1. The minimum absolute atomic E-state index is 0.209. The number of halogens is 1. The van der Waals surface area contributed by atoms with Crippen LogP contribution in [0.25, 0.3) is 5.57 Å². The maximum Gasteiger partial charge on any atom is 0.332 e. The Morgan fingerprint density at radius 1 is 1.08 bits per heavy atom. The molecule has 2 aliphatic rings. The van der Waals surface area contributed by atoms with Crippen LogP contribution in [-0.2, 0) is 9.59 Å². The fourth-order valence-corrected chi connectivity index (χ4v) is 4.10. The number of amides is 1. The van der Waals surface area contributed by atoms with Crippen LogP contribution in [0.5, 0.6) is 0 Å². The van der Waals surface area contributed by atoms with Crippen LogP contribution >= 0.6 is 23.4 Å². The molecule has 3 rings (SSSR count). The molecule has 1 amide bonds. The van der Waals surface area contributed by atoms with E-state index in [2.05, 4.69) is 5.32 Å². The first kappa shape index (κ1) is 16.9. The van der Waals surface area contributed by atoms with E-state index in [1.165, 1.54) is 11.8 Å². The lowest BCUT2D eigenvalue weighted by Crippen LogP contribution is -2.27. The number of rotatable bonds is 4. The molecule has 0 radical (unpaired) electrons. The highest BCUT2D eigenvalue weighted by Gasteiger charge is 2.26. The summed E-state index contributed by atoms with van der Waals surface area (Å²) < 4.78 is 0. The van der Waals surface area contributed by atoms with Gasteiger partial charge in [0, 0.05) is 27.8 Å². The van der Waals surface area contributed by atoms with Gasteiger partial charge in [-0.15, -0.1) is 0 Å². The molecule has 1 aromatic rings. The summed E-state index contributed by atoms with van der Waals surface area (Å²) in [7, 11) is 0. The van der Waals surface area contributed by atoms with Crippen molar-refractivity contribution in [3.8, 4) is 0 Å².